The second-order valence-corrected chi connectivity index (χ2v) is 5.87. The van der Waals surface area contributed by atoms with E-state index in [4.69, 9.17) is 0 Å². The maximum absolute atomic E-state index is 11.9. The van der Waals surface area contributed by atoms with Crippen molar-refractivity contribution in [3.63, 3.8) is 0 Å². The molecule has 1 N–H and O–H groups in total. The molecule has 0 bridgehead atoms. The molecule has 0 aliphatic heterocycles. The Morgan fingerprint density at radius 3 is 1.96 bits per heavy atom. The Hall–Kier alpha value is -1.59. The lowest BCUT2D eigenvalue weighted by molar-refractivity contribution is -0.134. The number of carbonyl (C=O) groups excluding carboxylic acids is 3. The van der Waals surface area contributed by atoms with Gasteiger partial charge in [0.05, 0.1) is 13.7 Å². The molecular formula is C17H32N2O4. The number of rotatable bonds is 12. The van der Waals surface area contributed by atoms with Gasteiger partial charge in [0.15, 0.2) is 0 Å². The third-order valence-corrected chi connectivity index (χ3v) is 3.73. The summed E-state index contributed by atoms with van der Waals surface area (Å²) in [6.07, 6.45) is 10.4. The summed E-state index contributed by atoms with van der Waals surface area (Å²) in [6, 6.07) is 0. The van der Waals surface area contributed by atoms with Crippen LogP contribution in [0.15, 0.2) is 0 Å². The van der Waals surface area contributed by atoms with E-state index in [-0.39, 0.29) is 12.5 Å². The average Bonchev–Trinajstić information content (AvgIpc) is 2.52. The molecule has 6 nitrogen and oxygen atoms in total. The van der Waals surface area contributed by atoms with Gasteiger partial charge in [0.1, 0.15) is 0 Å². The number of hydrogen-bond acceptors (Lipinski definition) is 4. The van der Waals surface area contributed by atoms with Crippen LogP contribution in [-0.4, -0.2) is 43.5 Å². The van der Waals surface area contributed by atoms with Crippen molar-refractivity contribution in [1.82, 2.24) is 10.2 Å². The molecule has 0 aromatic heterocycles. The van der Waals surface area contributed by atoms with Crippen molar-refractivity contribution < 1.29 is 19.1 Å². The van der Waals surface area contributed by atoms with Crippen LogP contribution in [0.1, 0.15) is 71.1 Å². The first-order valence-electron chi connectivity index (χ1n) is 8.63. The number of likely N-dealkylation sites (N-methyl/N-ethyl adjacent to an activating group) is 1. The number of amides is 3. The molecule has 3 amide bonds. The zero-order valence-corrected chi connectivity index (χ0v) is 14.9. The molecule has 6 heteroatoms. The van der Waals surface area contributed by atoms with Crippen LogP contribution < -0.4 is 5.32 Å². The van der Waals surface area contributed by atoms with E-state index in [1.807, 2.05) is 5.32 Å². The summed E-state index contributed by atoms with van der Waals surface area (Å²) in [5, 5.41) is 2.03. The normalized spacial score (nSPS) is 10.2. The van der Waals surface area contributed by atoms with E-state index in [1.165, 1.54) is 50.5 Å². The number of methoxy groups -OCH3 is 1. The summed E-state index contributed by atoms with van der Waals surface area (Å²) in [7, 11) is 2.74. The van der Waals surface area contributed by atoms with Crippen molar-refractivity contribution in [2.45, 2.75) is 71.1 Å². The number of ether oxygens (including phenoxy) is 1. The Morgan fingerprint density at radius 2 is 1.43 bits per heavy atom. The molecule has 0 rings (SSSR count). The summed E-state index contributed by atoms with van der Waals surface area (Å²) in [5.41, 5.74) is 0. The molecule has 0 aliphatic carbocycles. The first-order valence-corrected chi connectivity index (χ1v) is 8.63. The smallest absolute Gasteiger partial charge is 0.413 e. The van der Waals surface area contributed by atoms with Crippen LogP contribution >= 0.6 is 0 Å². The molecule has 23 heavy (non-hydrogen) atoms. The van der Waals surface area contributed by atoms with E-state index in [1.54, 1.807) is 7.05 Å². The van der Waals surface area contributed by atoms with Crippen molar-refractivity contribution in [3.8, 4) is 0 Å². The SMILES string of the molecule is CCCCCCCCCCCC(=O)N(C)CC(=O)NC(=O)OC. The summed E-state index contributed by atoms with van der Waals surface area (Å²) in [6.45, 7) is 2.08. The van der Waals surface area contributed by atoms with Crippen LogP contribution in [0.3, 0.4) is 0 Å². The average molecular weight is 328 g/mol. The number of imide groups is 1. The topological polar surface area (TPSA) is 75.7 Å². The predicted molar refractivity (Wildman–Crippen MR) is 90.0 cm³/mol. The van der Waals surface area contributed by atoms with Crippen LogP contribution in [0.25, 0.3) is 0 Å². The highest BCUT2D eigenvalue weighted by Gasteiger charge is 2.14. The van der Waals surface area contributed by atoms with E-state index in [9.17, 15) is 14.4 Å². The van der Waals surface area contributed by atoms with E-state index in [0.717, 1.165) is 19.3 Å². The third kappa shape index (κ3) is 12.6. The second-order valence-electron chi connectivity index (χ2n) is 5.87. The highest BCUT2D eigenvalue weighted by molar-refractivity contribution is 5.94. The quantitative estimate of drug-likeness (QED) is 0.558. The van der Waals surface area contributed by atoms with Crippen molar-refractivity contribution in [2.75, 3.05) is 20.7 Å². The molecule has 0 spiro atoms. The van der Waals surface area contributed by atoms with Gasteiger partial charge in [-0.05, 0) is 6.42 Å². The third-order valence-electron chi connectivity index (χ3n) is 3.73. The van der Waals surface area contributed by atoms with Gasteiger partial charge in [-0.3, -0.25) is 14.9 Å². The molecule has 0 atom stereocenters. The standard InChI is InChI=1S/C17H32N2O4/c1-4-5-6-7-8-9-10-11-12-13-16(21)19(2)14-15(20)18-17(22)23-3/h4-14H2,1-3H3,(H,18,20,22). The highest BCUT2D eigenvalue weighted by Crippen LogP contribution is 2.10. The number of carbonyl (C=O) groups is 3. The van der Waals surface area contributed by atoms with E-state index in [2.05, 4.69) is 11.7 Å². The van der Waals surface area contributed by atoms with Crippen molar-refractivity contribution >= 4 is 17.9 Å². The lowest BCUT2D eigenvalue weighted by Gasteiger charge is -2.16. The second kappa shape index (κ2) is 14.0. The lowest BCUT2D eigenvalue weighted by Crippen LogP contribution is -2.40. The molecule has 0 saturated carbocycles. The van der Waals surface area contributed by atoms with Crippen LogP contribution in [0.5, 0.6) is 0 Å². The van der Waals surface area contributed by atoms with Crippen LogP contribution in [0.4, 0.5) is 4.79 Å². The number of nitrogens with zero attached hydrogens (tertiary/aromatic N) is 1. The van der Waals surface area contributed by atoms with Crippen molar-refractivity contribution in [2.24, 2.45) is 0 Å². The summed E-state index contributed by atoms with van der Waals surface area (Å²) >= 11 is 0. The fourth-order valence-corrected chi connectivity index (χ4v) is 2.29. The first-order chi connectivity index (χ1) is 11.0. The van der Waals surface area contributed by atoms with Crippen molar-refractivity contribution in [1.29, 1.82) is 0 Å². The van der Waals surface area contributed by atoms with Crippen LogP contribution in [-0.2, 0) is 14.3 Å². The van der Waals surface area contributed by atoms with Gasteiger partial charge in [-0.2, -0.15) is 0 Å². The molecule has 0 unspecified atom stereocenters. The summed E-state index contributed by atoms with van der Waals surface area (Å²) in [4.78, 5) is 35.5. The molecule has 0 aromatic rings. The van der Waals surface area contributed by atoms with Gasteiger partial charge in [0.2, 0.25) is 11.8 Å². The largest absolute Gasteiger partial charge is 0.453 e. The molecule has 0 aliphatic rings. The number of nitrogens with one attached hydrogen (secondary N) is 1. The molecule has 0 radical (unpaired) electrons. The lowest BCUT2D eigenvalue weighted by atomic mass is 10.1. The summed E-state index contributed by atoms with van der Waals surface area (Å²) < 4.78 is 4.32. The van der Waals surface area contributed by atoms with Gasteiger partial charge in [0.25, 0.3) is 0 Å². The van der Waals surface area contributed by atoms with E-state index >= 15 is 0 Å². The Morgan fingerprint density at radius 1 is 0.913 bits per heavy atom. The number of unbranched alkanes of at least 4 members (excludes halogenated alkanes) is 8. The first kappa shape index (κ1) is 21.4. The van der Waals surface area contributed by atoms with Crippen molar-refractivity contribution in [3.05, 3.63) is 0 Å². The predicted octanol–water partition coefficient (Wildman–Crippen LogP) is 3.25. The Labute approximate surface area is 139 Å². The molecule has 0 saturated heterocycles. The van der Waals surface area contributed by atoms with Gasteiger partial charge >= 0.3 is 6.09 Å². The Balaban J connectivity index is 3.61. The maximum Gasteiger partial charge on any atom is 0.413 e. The molecule has 134 valence electrons. The molecular weight excluding hydrogens is 296 g/mol. The van der Waals surface area contributed by atoms with Gasteiger partial charge in [-0.15, -0.1) is 0 Å². The fraction of sp³-hybridized carbons (Fsp3) is 0.824. The number of hydrogen-bond donors (Lipinski definition) is 1. The highest BCUT2D eigenvalue weighted by atomic mass is 16.5. The molecule has 0 heterocycles. The number of alkyl carbamates (subject to hydrolysis) is 1. The van der Waals surface area contributed by atoms with Crippen LogP contribution in [0, 0.1) is 0 Å². The van der Waals surface area contributed by atoms with E-state index < -0.39 is 12.0 Å². The molecule has 0 aromatic carbocycles. The Bertz CT molecular complexity index is 359. The minimum absolute atomic E-state index is 0.0760. The van der Waals surface area contributed by atoms with E-state index in [0.29, 0.717) is 6.42 Å². The van der Waals surface area contributed by atoms with Gasteiger partial charge in [0, 0.05) is 13.5 Å². The Kier molecular flexibility index (Phi) is 13.1. The zero-order valence-electron chi connectivity index (χ0n) is 14.9. The minimum Gasteiger partial charge on any atom is -0.453 e. The van der Waals surface area contributed by atoms with Gasteiger partial charge in [-0.1, -0.05) is 58.3 Å². The monoisotopic (exact) mass is 328 g/mol. The van der Waals surface area contributed by atoms with Crippen LogP contribution in [0.2, 0.25) is 0 Å². The fourth-order valence-electron chi connectivity index (χ4n) is 2.29. The van der Waals surface area contributed by atoms with Gasteiger partial charge in [-0.25, -0.2) is 4.79 Å². The molecule has 0 fully saturated rings. The van der Waals surface area contributed by atoms with Gasteiger partial charge < -0.3 is 9.64 Å². The maximum atomic E-state index is 11.9. The zero-order chi connectivity index (χ0) is 17.5. The minimum atomic E-state index is -0.810. The summed E-state index contributed by atoms with van der Waals surface area (Å²) in [5.74, 6) is -0.618.